The third-order valence-electron chi connectivity index (χ3n) is 5.12. The van der Waals surface area contributed by atoms with E-state index in [9.17, 15) is 4.79 Å². The number of nitrogens with zero attached hydrogens (tertiary/aromatic N) is 4. The van der Waals surface area contributed by atoms with Gasteiger partial charge in [0, 0.05) is 23.1 Å². The lowest BCUT2D eigenvalue weighted by molar-refractivity contribution is -0.120. The summed E-state index contributed by atoms with van der Waals surface area (Å²) in [6, 6.07) is 10.6. The second-order valence-corrected chi connectivity index (χ2v) is 8.71. The van der Waals surface area contributed by atoms with Gasteiger partial charge in [-0.15, -0.1) is 10.2 Å². The molecule has 1 atom stereocenters. The molecule has 8 nitrogen and oxygen atoms in total. The van der Waals surface area contributed by atoms with E-state index in [-0.39, 0.29) is 18.2 Å². The highest BCUT2D eigenvalue weighted by Gasteiger charge is 2.37. The number of halogens is 1. The first-order valence-corrected chi connectivity index (χ1v) is 11.7. The maximum absolute atomic E-state index is 13.3. The standard InChI is InChI=1S/C23H23ClN4O4S/c1-5-19(29)28-17-10-7-13(24)11-16(17)20-21(25-23(27-26-20)33-6-2)32-22(28)15-9-8-14(30-3)12-18(15)31-4/h7-12,22H,5-6H2,1-4H3. The molecule has 0 bridgehead atoms. The molecule has 4 rings (SSSR count). The molecule has 2 heterocycles. The fourth-order valence-electron chi connectivity index (χ4n) is 3.59. The van der Waals surface area contributed by atoms with E-state index in [0.29, 0.717) is 44.2 Å². The molecule has 1 aromatic heterocycles. The Labute approximate surface area is 201 Å². The lowest BCUT2D eigenvalue weighted by atomic mass is 10.1. The van der Waals surface area contributed by atoms with E-state index >= 15 is 0 Å². The van der Waals surface area contributed by atoms with Crippen LogP contribution in [0.25, 0.3) is 11.3 Å². The zero-order chi connectivity index (χ0) is 23.5. The Kier molecular flexibility index (Phi) is 6.90. The van der Waals surface area contributed by atoms with Crippen LogP contribution in [-0.2, 0) is 4.79 Å². The van der Waals surface area contributed by atoms with Gasteiger partial charge in [-0.25, -0.2) is 0 Å². The number of carbonyl (C=O) groups excluding carboxylic acids is 1. The van der Waals surface area contributed by atoms with E-state index in [1.54, 1.807) is 56.4 Å². The van der Waals surface area contributed by atoms with Crippen LogP contribution in [-0.4, -0.2) is 41.1 Å². The smallest absolute Gasteiger partial charge is 0.247 e. The highest BCUT2D eigenvalue weighted by atomic mass is 35.5. The van der Waals surface area contributed by atoms with Crippen molar-refractivity contribution >= 4 is 35.0 Å². The quantitative estimate of drug-likeness (QED) is 0.442. The third-order valence-corrected chi connectivity index (χ3v) is 6.07. The number of hydrogen-bond acceptors (Lipinski definition) is 8. The van der Waals surface area contributed by atoms with Gasteiger partial charge in [0.2, 0.25) is 23.2 Å². The van der Waals surface area contributed by atoms with Crippen LogP contribution in [0.15, 0.2) is 41.6 Å². The van der Waals surface area contributed by atoms with Gasteiger partial charge in [0.25, 0.3) is 0 Å². The molecule has 1 unspecified atom stereocenters. The van der Waals surface area contributed by atoms with Gasteiger partial charge in [0.05, 0.1) is 25.5 Å². The molecular weight excluding hydrogens is 464 g/mol. The Bertz CT molecular complexity index is 1190. The number of benzene rings is 2. The molecule has 0 saturated heterocycles. The first kappa shape index (κ1) is 23.1. The predicted molar refractivity (Wildman–Crippen MR) is 127 cm³/mol. The summed E-state index contributed by atoms with van der Waals surface area (Å²) in [5, 5.41) is 9.60. The maximum Gasteiger partial charge on any atom is 0.247 e. The van der Waals surface area contributed by atoms with Gasteiger partial charge in [-0.2, -0.15) is 4.98 Å². The van der Waals surface area contributed by atoms with Crippen LogP contribution in [0.2, 0.25) is 5.02 Å². The Morgan fingerprint density at radius 1 is 1.15 bits per heavy atom. The van der Waals surface area contributed by atoms with Crippen LogP contribution in [0.1, 0.15) is 32.1 Å². The lowest BCUT2D eigenvalue weighted by Crippen LogP contribution is -2.37. The Morgan fingerprint density at radius 3 is 2.67 bits per heavy atom. The van der Waals surface area contributed by atoms with Crippen LogP contribution in [0, 0.1) is 0 Å². The highest BCUT2D eigenvalue weighted by Crippen LogP contribution is 2.46. The van der Waals surface area contributed by atoms with Crippen molar-refractivity contribution in [2.75, 3.05) is 24.9 Å². The van der Waals surface area contributed by atoms with Gasteiger partial charge >= 0.3 is 0 Å². The molecule has 0 saturated carbocycles. The number of anilines is 1. The van der Waals surface area contributed by atoms with E-state index in [0.717, 1.165) is 5.75 Å². The van der Waals surface area contributed by atoms with Crippen molar-refractivity contribution in [3.05, 3.63) is 47.0 Å². The SMILES string of the molecule is CCSc1nnc2c(n1)OC(c1ccc(OC)cc1OC)N(C(=O)CC)c1ccc(Cl)cc1-2. The Hall–Kier alpha value is -3.04. The first-order chi connectivity index (χ1) is 16.0. The zero-order valence-electron chi connectivity index (χ0n) is 18.7. The summed E-state index contributed by atoms with van der Waals surface area (Å²) in [4.78, 5) is 19.5. The number of aromatic nitrogens is 3. The van der Waals surface area contributed by atoms with Crippen LogP contribution < -0.4 is 19.1 Å². The van der Waals surface area contributed by atoms with Crippen molar-refractivity contribution in [2.24, 2.45) is 0 Å². The number of amides is 1. The fourth-order valence-corrected chi connectivity index (χ4v) is 4.27. The minimum atomic E-state index is -0.865. The second-order valence-electron chi connectivity index (χ2n) is 7.04. The molecule has 2 aromatic carbocycles. The van der Waals surface area contributed by atoms with Crippen molar-refractivity contribution in [1.82, 2.24) is 15.2 Å². The van der Waals surface area contributed by atoms with E-state index in [1.807, 2.05) is 13.0 Å². The topological polar surface area (TPSA) is 86.7 Å². The molecule has 3 aromatic rings. The molecule has 10 heteroatoms. The molecule has 1 aliphatic rings. The van der Waals surface area contributed by atoms with Gasteiger partial charge in [-0.05, 0) is 36.1 Å². The van der Waals surface area contributed by atoms with Gasteiger partial charge < -0.3 is 14.2 Å². The summed E-state index contributed by atoms with van der Waals surface area (Å²) >= 11 is 7.77. The average Bonchev–Trinajstić information content (AvgIpc) is 2.97. The largest absolute Gasteiger partial charge is 0.497 e. The number of rotatable bonds is 6. The summed E-state index contributed by atoms with van der Waals surface area (Å²) < 4.78 is 17.4. The number of thioether (sulfide) groups is 1. The maximum atomic E-state index is 13.3. The molecule has 0 aliphatic carbocycles. The fraction of sp³-hybridized carbons (Fsp3) is 0.304. The zero-order valence-corrected chi connectivity index (χ0v) is 20.2. The normalized spacial score (nSPS) is 14.6. The first-order valence-electron chi connectivity index (χ1n) is 10.4. The van der Waals surface area contributed by atoms with Crippen molar-refractivity contribution in [1.29, 1.82) is 0 Å². The van der Waals surface area contributed by atoms with Crippen LogP contribution in [0.3, 0.4) is 0 Å². The van der Waals surface area contributed by atoms with Crippen LogP contribution in [0.5, 0.6) is 17.4 Å². The van der Waals surface area contributed by atoms with Crippen molar-refractivity contribution in [2.45, 2.75) is 31.7 Å². The third kappa shape index (κ3) is 4.43. The molecule has 0 radical (unpaired) electrons. The minimum Gasteiger partial charge on any atom is -0.497 e. The molecule has 0 N–H and O–H groups in total. The second kappa shape index (κ2) is 9.84. The summed E-state index contributed by atoms with van der Waals surface area (Å²) in [7, 11) is 3.14. The number of carbonyl (C=O) groups is 1. The Morgan fingerprint density at radius 2 is 1.97 bits per heavy atom. The van der Waals surface area contributed by atoms with Gasteiger partial charge in [-0.1, -0.05) is 37.2 Å². The summed E-state index contributed by atoms with van der Waals surface area (Å²) in [6.45, 7) is 3.80. The minimum absolute atomic E-state index is 0.148. The number of hydrogen-bond donors (Lipinski definition) is 0. The summed E-state index contributed by atoms with van der Waals surface area (Å²) in [6.07, 6.45) is -0.608. The monoisotopic (exact) mass is 486 g/mol. The molecular formula is C23H23ClN4O4S. The number of methoxy groups -OCH3 is 2. The molecule has 33 heavy (non-hydrogen) atoms. The summed E-state index contributed by atoms with van der Waals surface area (Å²) in [5.74, 6) is 2.02. The van der Waals surface area contributed by atoms with E-state index in [1.165, 1.54) is 11.8 Å². The van der Waals surface area contributed by atoms with Crippen molar-refractivity contribution in [3.63, 3.8) is 0 Å². The molecule has 0 fully saturated rings. The van der Waals surface area contributed by atoms with Crippen molar-refractivity contribution < 1.29 is 19.0 Å². The van der Waals surface area contributed by atoms with Gasteiger partial charge in [0.1, 0.15) is 11.5 Å². The van der Waals surface area contributed by atoms with Gasteiger partial charge in [-0.3, -0.25) is 9.69 Å². The van der Waals surface area contributed by atoms with Crippen LogP contribution in [0.4, 0.5) is 5.69 Å². The average molecular weight is 487 g/mol. The molecule has 1 aliphatic heterocycles. The molecule has 172 valence electrons. The predicted octanol–water partition coefficient (Wildman–Crippen LogP) is 5.16. The summed E-state index contributed by atoms with van der Waals surface area (Å²) in [5.41, 5.74) is 2.26. The lowest BCUT2D eigenvalue weighted by Gasteiger charge is -2.31. The number of fused-ring (bicyclic) bond motifs is 3. The van der Waals surface area contributed by atoms with E-state index < -0.39 is 6.23 Å². The highest BCUT2D eigenvalue weighted by molar-refractivity contribution is 7.99. The number of ether oxygens (including phenoxy) is 3. The molecule has 0 spiro atoms. The van der Waals surface area contributed by atoms with E-state index in [4.69, 9.17) is 25.8 Å². The Balaban J connectivity index is 1.99. The van der Waals surface area contributed by atoms with Gasteiger partial charge in [0.15, 0.2) is 5.69 Å². The van der Waals surface area contributed by atoms with Crippen molar-refractivity contribution in [3.8, 4) is 28.6 Å². The molecule has 1 amide bonds. The van der Waals surface area contributed by atoms with E-state index in [2.05, 4.69) is 15.2 Å². The van der Waals surface area contributed by atoms with Crippen LogP contribution >= 0.6 is 23.4 Å².